The lowest BCUT2D eigenvalue weighted by Gasteiger charge is -2.47. The Bertz CT molecular complexity index is 569. The van der Waals surface area contributed by atoms with Crippen LogP contribution in [0.2, 0.25) is 0 Å². The van der Waals surface area contributed by atoms with Crippen LogP contribution in [0.1, 0.15) is 16.8 Å². The summed E-state index contributed by atoms with van der Waals surface area (Å²) in [7, 11) is 1.60. The third-order valence-electron chi connectivity index (χ3n) is 4.53. The van der Waals surface area contributed by atoms with Gasteiger partial charge < -0.3 is 19.5 Å². The zero-order chi connectivity index (χ0) is 16.4. The minimum absolute atomic E-state index is 0.0745. The first-order valence-corrected chi connectivity index (χ1v) is 7.57. The van der Waals surface area contributed by atoms with E-state index in [1.54, 1.807) is 19.2 Å². The molecule has 0 unspecified atom stereocenters. The summed E-state index contributed by atoms with van der Waals surface area (Å²) in [6.45, 7) is -1.81. The number of rotatable bonds is 6. The second kappa shape index (κ2) is 6.80. The van der Waals surface area contributed by atoms with Gasteiger partial charge in [0.1, 0.15) is 5.75 Å². The molecule has 1 amide bonds. The fourth-order valence-corrected chi connectivity index (χ4v) is 3.52. The fourth-order valence-electron chi connectivity index (χ4n) is 3.52. The largest absolute Gasteiger partial charge is 0.434 e. The third-order valence-corrected chi connectivity index (χ3v) is 4.53. The predicted octanol–water partition coefficient (Wildman–Crippen LogP) is 2.07. The lowest BCUT2D eigenvalue weighted by atomic mass is 9.67. The van der Waals surface area contributed by atoms with E-state index in [0.29, 0.717) is 13.2 Å². The highest BCUT2D eigenvalue weighted by molar-refractivity contribution is 5.97. The summed E-state index contributed by atoms with van der Waals surface area (Å²) in [5.74, 6) is -0.207. The van der Waals surface area contributed by atoms with E-state index in [-0.39, 0.29) is 35.3 Å². The molecule has 1 heterocycles. The molecule has 1 aliphatic heterocycles. The number of carbonyl (C=O) groups excluding carboxylic acids is 1. The van der Waals surface area contributed by atoms with Crippen molar-refractivity contribution >= 4 is 5.91 Å². The van der Waals surface area contributed by atoms with Crippen LogP contribution in [0.25, 0.3) is 0 Å². The number of para-hydroxylation sites is 1. The summed E-state index contributed by atoms with van der Waals surface area (Å²) < 4.78 is 40.2. The van der Waals surface area contributed by atoms with Gasteiger partial charge in [0, 0.05) is 31.6 Å². The van der Waals surface area contributed by atoms with Crippen molar-refractivity contribution in [2.75, 3.05) is 20.3 Å². The molecular weight excluding hydrogens is 308 g/mol. The Hall–Kier alpha value is -1.73. The minimum atomic E-state index is -2.97. The zero-order valence-electron chi connectivity index (χ0n) is 12.7. The molecule has 2 aliphatic rings. The molecule has 0 spiro atoms. The highest BCUT2D eigenvalue weighted by Gasteiger charge is 2.54. The number of fused-ring (bicyclic) bond motifs is 1. The Kier molecular flexibility index (Phi) is 4.77. The smallest absolute Gasteiger partial charge is 0.387 e. The molecule has 7 heteroatoms. The molecule has 0 radical (unpaired) electrons. The van der Waals surface area contributed by atoms with E-state index in [0.717, 1.165) is 6.42 Å². The van der Waals surface area contributed by atoms with Crippen LogP contribution in [0.3, 0.4) is 0 Å². The number of carbonyl (C=O) groups is 1. The average Bonchev–Trinajstić information content (AvgIpc) is 2.94. The maximum absolute atomic E-state index is 12.5. The number of benzene rings is 1. The molecule has 2 fully saturated rings. The maximum atomic E-state index is 12.5. The first kappa shape index (κ1) is 16.1. The summed E-state index contributed by atoms with van der Waals surface area (Å²) in [5, 5.41) is 2.93. The van der Waals surface area contributed by atoms with Gasteiger partial charge in [0.2, 0.25) is 0 Å². The summed E-state index contributed by atoms with van der Waals surface area (Å²) in [6.07, 6.45) is 0.984. The van der Waals surface area contributed by atoms with Crippen molar-refractivity contribution in [1.29, 1.82) is 0 Å². The van der Waals surface area contributed by atoms with Gasteiger partial charge in [-0.05, 0) is 18.6 Å². The van der Waals surface area contributed by atoms with Crippen molar-refractivity contribution in [3.05, 3.63) is 29.8 Å². The molecular formula is C16H19F2NO4. The SMILES string of the molecule is COC[C@H]1[C@@H](NC(=O)c2ccccc2OC(F)F)[C@@H]2CCO[C@@H]21. The summed E-state index contributed by atoms with van der Waals surface area (Å²) in [4.78, 5) is 12.5. The van der Waals surface area contributed by atoms with Crippen LogP contribution in [0, 0.1) is 11.8 Å². The number of amides is 1. The van der Waals surface area contributed by atoms with Crippen LogP contribution in [-0.4, -0.2) is 45.0 Å². The van der Waals surface area contributed by atoms with E-state index in [9.17, 15) is 13.6 Å². The van der Waals surface area contributed by atoms with Crippen LogP contribution in [0.5, 0.6) is 5.75 Å². The lowest BCUT2D eigenvalue weighted by Crippen LogP contribution is -2.62. The predicted molar refractivity (Wildman–Crippen MR) is 77.5 cm³/mol. The number of methoxy groups -OCH3 is 1. The highest BCUT2D eigenvalue weighted by Crippen LogP contribution is 2.44. The van der Waals surface area contributed by atoms with Gasteiger partial charge in [-0.1, -0.05) is 12.1 Å². The molecule has 3 rings (SSSR count). The van der Waals surface area contributed by atoms with E-state index in [4.69, 9.17) is 9.47 Å². The zero-order valence-corrected chi connectivity index (χ0v) is 12.7. The average molecular weight is 327 g/mol. The van der Waals surface area contributed by atoms with Gasteiger partial charge in [0.15, 0.2) is 0 Å². The molecule has 0 bridgehead atoms. The Morgan fingerprint density at radius 1 is 1.43 bits per heavy atom. The molecule has 4 atom stereocenters. The quantitative estimate of drug-likeness (QED) is 0.869. The normalized spacial score (nSPS) is 29.0. The third kappa shape index (κ3) is 3.16. The highest BCUT2D eigenvalue weighted by atomic mass is 19.3. The molecule has 5 nitrogen and oxygen atoms in total. The second-order valence-corrected chi connectivity index (χ2v) is 5.78. The molecule has 1 aliphatic carbocycles. The molecule has 23 heavy (non-hydrogen) atoms. The van der Waals surface area contributed by atoms with Crippen molar-refractivity contribution in [1.82, 2.24) is 5.32 Å². The Morgan fingerprint density at radius 3 is 2.96 bits per heavy atom. The van der Waals surface area contributed by atoms with E-state index in [1.165, 1.54) is 12.1 Å². The molecule has 1 aromatic rings. The molecule has 126 valence electrons. The van der Waals surface area contributed by atoms with E-state index < -0.39 is 12.5 Å². The van der Waals surface area contributed by atoms with Crippen molar-refractivity contribution in [2.45, 2.75) is 25.2 Å². The summed E-state index contributed by atoms with van der Waals surface area (Å²) in [6, 6.07) is 5.92. The first-order valence-electron chi connectivity index (χ1n) is 7.57. The molecule has 1 saturated heterocycles. The minimum Gasteiger partial charge on any atom is -0.434 e. The number of alkyl halides is 2. The Labute approximate surface area is 132 Å². The molecule has 1 aromatic carbocycles. The van der Waals surface area contributed by atoms with Crippen LogP contribution in [0.4, 0.5) is 8.78 Å². The fraction of sp³-hybridized carbons (Fsp3) is 0.562. The number of halogens is 2. The van der Waals surface area contributed by atoms with Crippen molar-refractivity contribution in [2.24, 2.45) is 11.8 Å². The first-order chi connectivity index (χ1) is 11.1. The monoisotopic (exact) mass is 327 g/mol. The van der Waals surface area contributed by atoms with Crippen molar-refractivity contribution in [3.8, 4) is 5.75 Å². The summed E-state index contributed by atoms with van der Waals surface area (Å²) in [5.41, 5.74) is 0.103. The standard InChI is InChI=1S/C16H19F2NO4/c1-21-8-11-13(10-6-7-22-14(10)11)19-15(20)9-4-2-3-5-12(9)23-16(17)18/h2-5,10-11,13-14,16H,6-8H2,1H3,(H,19,20)/t10-,11-,13-,14-/m0/s1. The van der Waals surface area contributed by atoms with Gasteiger partial charge in [0.25, 0.3) is 5.91 Å². The molecule has 1 N–H and O–H groups in total. The van der Waals surface area contributed by atoms with Crippen molar-refractivity contribution in [3.63, 3.8) is 0 Å². The van der Waals surface area contributed by atoms with Gasteiger partial charge >= 0.3 is 6.61 Å². The van der Waals surface area contributed by atoms with E-state index >= 15 is 0 Å². The van der Waals surface area contributed by atoms with Gasteiger partial charge in [-0.3, -0.25) is 4.79 Å². The molecule has 0 aromatic heterocycles. The van der Waals surface area contributed by atoms with Crippen LogP contribution < -0.4 is 10.1 Å². The van der Waals surface area contributed by atoms with Gasteiger partial charge in [0.05, 0.1) is 18.3 Å². The second-order valence-electron chi connectivity index (χ2n) is 5.78. The molecule has 1 saturated carbocycles. The lowest BCUT2D eigenvalue weighted by molar-refractivity contribution is -0.0810. The summed E-state index contributed by atoms with van der Waals surface area (Å²) >= 11 is 0. The van der Waals surface area contributed by atoms with Gasteiger partial charge in [-0.15, -0.1) is 0 Å². The van der Waals surface area contributed by atoms with E-state index in [2.05, 4.69) is 10.1 Å². The number of hydrogen-bond donors (Lipinski definition) is 1. The maximum Gasteiger partial charge on any atom is 0.387 e. The Morgan fingerprint density at radius 2 is 2.22 bits per heavy atom. The topological polar surface area (TPSA) is 56.8 Å². The van der Waals surface area contributed by atoms with E-state index in [1.807, 2.05) is 0 Å². The Balaban J connectivity index is 1.71. The van der Waals surface area contributed by atoms with Crippen LogP contribution in [0.15, 0.2) is 24.3 Å². The van der Waals surface area contributed by atoms with Crippen molar-refractivity contribution < 1.29 is 27.8 Å². The van der Waals surface area contributed by atoms with Crippen LogP contribution in [-0.2, 0) is 9.47 Å². The number of nitrogens with one attached hydrogen (secondary N) is 1. The van der Waals surface area contributed by atoms with Gasteiger partial charge in [-0.2, -0.15) is 8.78 Å². The number of ether oxygens (including phenoxy) is 3. The van der Waals surface area contributed by atoms with Gasteiger partial charge in [-0.25, -0.2) is 0 Å². The van der Waals surface area contributed by atoms with Crippen LogP contribution >= 0.6 is 0 Å². The number of hydrogen-bond acceptors (Lipinski definition) is 4.